The van der Waals surface area contributed by atoms with Gasteiger partial charge in [-0.05, 0) is 37.5 Å². The molecular weight excluding hydrogens is 164 g/mol. The van der Waals surface area contributed by atoms with Crippen molar-refractivity contribution in [1.29, 1.82) is 0 Å². The van der Waals surface area contributed by atoms with Crippen LogP contribution in [0.4, 0.5) is 0 Å². The van der Waals surface area contributed by atoms with E-state index >= 15 is 0 Å². The van der Waals surface area contributed by atoms with Crippen molar-refractivity contribution < 1.29 is 9.84 Å². The Morgan fingerprint density at radius 2 is 2.23 bits per heavy atom. The van der Waals surface area contributed by atoms with Gasteiger partial charge in [0.15, 0.2) is 0 Å². The van der Waals surface area contributed by atoms with Crippen molar-refractivity contribution in [3.05, 3.63) is 0 Å². The highest BCUT2D eigenvalue weighted by molar-refractivity contribution is 4.70. The Morgan fingerprint density at radius 1 is 1.46 bits per heavy atom. The van der Waals surface area contributed by atoms with Crippen molar-refractivity contribution >= 4 is 0 Å². The molecule has 0 aromatic rings. The van der Waals surface area contributed by atoms with E-state index in [1.165, 1.54) is 12.8 Å². The largest absolute Gasteiger partial charge is 0.396 e. The fourth-order valence-corrected chi connectivity index (χ4v) is 2.11. The first-order valence-electron chi connectivity index (χ1n) is 5.44. The van der Waals surface area contributed by atoms with Crippen LogP contribution in [0.2, 0.25) is 0 Å². The van der Waals surface area contributed by atoms with Gasteiger partial charge >= 0.3 is 0 Å². The van der Waals surface area contributed by atoms with Crippen LogP contribution in [0.15, 0.2) is 0 Å². The molecular formula is C11H22O2. The number of aliphatic hydroxyl groups excluding tert-OH is 1. The Morgan fingerprint density at radius 3 is 2.69 bits per heavy atom. The molecule has 2 unspecified atom stereocenters. The van der Waals surface area contributed by atoms with Crippen molar-refractivity contribution in [3.63, 3.8) is 0 Å². The first-order chi connectivity index (χ1) is 6.22. The van der Waals surface area contributed by atoms with Gasteiger partial charge in [-0.25, -0.2) is 0 Å². The minimum atomic E-state index is 0.318. The van der Waals surface area contributed by atoms with Gasteiger partial charge in [-0.2, -0.15) is 0 Å². The summed E-state index contributed by atoms with van der Waals surface area (Å²) < 4.78 is 5.56. The zero-order valence-corrected chi connectivity index (χ0v) is 8.83. The van der Waals surface area contributed by atoms with E-state index in [1.807, 2.05) is 0 Å². The van der Waals surface area contributed by atoms with Gasteiger partial charge in [0, 0.05) is 13.2 Å². The molecule has 2 nitrogen and oxygen atoms in total. The Labute approximate surface area is 81.3 Å². The highest BCUT2D eigenvalue weighted by Crippen LogP contribution is 2.23. The fourth-order valence-electron chi connectivity index (χ4n) is 2.11. The second kappa shape index (κ2) is 5.61. The molecule has 0 aromatic heterocycles. The number of hydrogen-bond acceptors (Lipinski definition) is 2. The van der Waals surface area contributed by atoms with E-state index in [9.17, 15) is 5.11 Å². The molecule has 0 saturated carbocycles. The zero-order chi connectivity index (χ0) is 9.68. The zero-order valence-electron chi connectivity index (χ0n) is 8.83. The summed E-state index contributed by atoms with van der Waals surface area (Å²) in [4.78, 5) is 0. The highest BCUT2D eigenvalue weighted by atomic mass is 16.5. The van der Waals surface area contributed by atoms with Gasteiger partial charge in [-0.1, -0.05) is 13.8 Å². The molecule has 0 bridgehead atoms. The summed E-state index contributed by atoms with van der Waals surface area (Å²) in [6.07, 6.45) is 4.99. The normalized spacial score (nSPS) is 25.4. The van der Waals surface area contributed by atoms with Gasteiger partial charge in [-0.15, -0.1) is 0 Å². The van der Waals surface area contributed by atoms with Crippen LogP contribution in [-0.2, 0) is 4.74 Å². The average Bonchev–Trinajstić information content (AvgIpc) is 2.55. The molecule has 1 N–H and O–H groups in total. The molecule has 2 atom stereocenters. The summed E-state index contributed by atoms with van der Waals surface area (Å²) >= 11 is 0. The second-order valence-corrected chi connectivity index (χ2v) is 4.55. The van der Waals surface area contributed by atoms with E-state index in [1.54, 1.807) is 0 Å². The maximum atomic E-state index is 9.18. The highest BCUT2D eigenvalue weighted by Gasteiger charge is 2.20. The van der Waals surface area contributed by atoms with Crippen molar-refractivity contribution in [1.82, 2.24) is 0 Å². The van der Waals surface area contributed by atoms with Crippen LogP contribution in [0.5, 0.6) is 0 Å². The number of rotatable bonds is 5. The number of hydrogen-bond donors (Lipinski definition) is 1. The lowest BCUT2D eigenvalue weighted by molar-refractivity contribution is 0.0715. The summed E-state index contributed by atoms with van der Waals surface area (Å²) in [7, 11) is 0. The van der Waals surface area contributed by atoms with Gasteiger partial charge in [0.2, 0.25) is 0 Å². The second-order valence-electron chi connectivity index (χ2n) is 4.55. The van der Waals surface area contributed by atoms with Crippen LogP contribution in [0.25, 0.3) is 0 Å². The molecule has 0 amide bonds. The van der Waals surface area contributed by atoms with Crippen LogP contribution in [0.3, 0.4) is 0 Å². The predicted octanol–water partition coefficient (Wildman–Crippen LogP) is 2.21. The smallest absolute Gasteiger partial charge is 0.0579 e. The van der Waals surface area contributed by atoms with E-state index in [-0.39, 0.29) is 0 Å². The molecule has 0 radical (unpaired) electrons. The number of aliphatic hydroxyl groups is 1. The van der Waals surface area contributed by atoms with Crippen LogP contribution in [-0.4, -0.2) is 24.4 Å². The summed E-state index contributed by atoms with van der Waals surface area (Å²) in [5.74, 6) is 1.13. The third kappa shape index (κ3) is 4.10. The van der Waals surface area contributed by atoms with E-state index < -0.39 is 0 Å². The molecule has 0 spiro atoms. The van der Waals surface area contributed by atoms with Gasteiger partial charge in [0.05, 0.1) is 6.10 Å². The standard InChI is InChI=1S/C11H22O2/c1-9(2)6-10(8-12)7-11-4-3-5-13-11/h9-12H,3-8H2,1-2H3. The van der Waals surface area contributed by atoms with Gasteiger partial charge in [-0.3, -0.25) is 0 Å². The first kappa shape index (κ1) is 11.0. The van der Waals surface area contributed by atoms with Crippen LogP contribution in [0.1, 0.15) is 39.5 Å². The third-order valence-corrected chi connectivity index (χ3v) is 2.68. The van der Waals surface area contributed by atoms with E-state index in [2.05, 4.69) is 13.8 Å². The average molecular weight is 186 g/mol. The molecule has 1 saturated heterocycles. The lowest BCUT2D eigenvalue weighted by Crippen LogP contribution is -2.17. The summed E-state index contributed by atoms with van der Waals surface area (Å²) in [5.41, 5.74) is 0. The SMILES string of the molecule is CC(C)CC(CO)CC1CCCO1. The lowest BCUT2D eigenvalue weighted by atomic mass is 9.92. The van der Waals surface area contributed by atoms with E-state index in [4.69, 9.17) is 4.74 Å². The first-order valence-corrected chi connectivity index (χ1v) is 5.44. The summed E-state index contributed by atoms with van der Waals surface area (Å²) in [6, 6.07) is 0. The van der Waals surface area contributed by atoms with Crippen molar-refractivity contribution in [3.8, 4) is 0 Å². The molecule has 13 heavy (non-hydrogen) atoms. The molecule has 1 heterocycles. The molecule has 78 valence electrons. The van der Waals surface area contributed by atoms with Crippen molar-refractivity contribution in [2.75, 3.05) is 13.2 Å². The van der Waals surface area contributed by atoms with E-state index in [0.717, 1.165) is 19.4 Å². The Hall–Kier alpha value is -0.0800. The third-order valence-electron chi connectivity index (χ3n) is 2.68. The van der Waals surface area contributed by atoms with Crippen LogP contribution >= 0.6 is 0 Å². The molecule has 0 aromatic carbocycles. The number of ether oxygens (including phenoxy) is 1. The van der Waals surface area contributed by atoms with Gasteiger partial charge in [0.25, 0.3) is 0 Å². The Balaban J connectivity index is 2.21. The molecule has 2 heteroatoms. The maximum Gasteiger partial charge on any atom is 0.0579 e. The molecule has 0 aliphatic carbocycles. The quantitative estimate of drug-likeness (QED) is 0.713. The summed E-state index contributed by atoms with van der Waals surface area (Å²) in [5, 5.41) is 9.18. The van der Waals surface area contributed by atoms with E-state index in [0.29, 0.717) is 24.5 Å². The summed E-state index contributed by atoms with van der Waals surface area (Å²) in [6.45, 7) is 5.65. The molecule has 1 aliphatic heterocycles. The monoisotopic (exact) mass is 186 g/mol. The molecule has 1 rings (SSSR count). The Kier molecular flexibility index (Phi) is 4.74. The lowest BCUT2D eigenvalue weighted by Gasteiger charge is -2.19. The predicted molar refractivity (Wildman–Crippen MR) is 53.6 cm³/mol. The van der Waals surface area contributed by atoms with Gasteiger partial charge < -0.3 is 9.84 Å². The topological polar surface area (TPSA) is 29.5 Å². The van der Waals surface area contributed by atoms with Crippen molar-refractivity contribution in [2.24, 2.45) is 11.8 Å². The van der Waals surface area contributed by atoms with Crippen molar-refractivity contribution in [2.45, 2.75) is 45.6 Å². The fraction of sp³-hybridized carbons (Fsp3) is 1.00. The van der Waals surface area contributed by atoms with Crippen LogP contribution in [0, 0.1) is 11.8 Å². The minimum absolute atomic E-state index is 0.318. The maximum absolute atomic E-state index is 9.18. The van der Waals surface area contributed by atoms with Gasteiger partial charge in [0.1, 0.15) is 0 Å². The molecule has 1 fully saturated rings. The minimum Gasteiger partial charge on any atom is -0.396 e. The van der Waals surface area contributed by atoms with Crippen LogP contribution < -0.4 is 0 Å². The molecule has 1 aliphatic rings. The Bertz CT molecular complexity index is 128.